The third kappa shape index (κ3) is 4.68. The minimum absolute atomic E-state index is 0.00448. The van der Waals surface area contributed by atoms with Crippen molar-refractivity contribution in [1.82, 2.24) is 13.8 Å². The van der Waals surface area contributed by atoms with E-state index < -0.39 is 10.0 Å². The molecule has 32 heavy (non-hydrogen) atoms. The maximum Gasteiger partial charge on any atom is 0.238 e. The SMILES string of the molecule is CCn1c(CCC2CCCN2C(=O)CN(C2CC2)S(C)(=O)=O)cc2ccc(C(=N)N)cc21. The summed E-state index contributed by atoms with van der Waals surface area (Å²) >= 11 is 0. The molecule has 2 fully saturated rings. The molecular weight excluding hydrogens is 426 g/mol. The number of nitrogens with one attached hydrogen (secondary N) is 1. The van der Waals surface area contributed by atoms with Gasteiger partial charge in [0, 0.05) is 41.9 Å². The van der Waals surface area contributed by atoms with Crippen LogP contribution in [0, 0.1) is 5.41 Å². The molecule has 2 aromatic rings. The quantitative estimate of drug-likeness (QED) is 0.442. The van der Waals surface area contributed by atoms with Gasteiger partial charge in [0.2, 0.25) is 15.9 Å². The highest BCUT2D eigenvalue weighted by molar-refractivity contribution is 7.88. The predicted octanol–water partition coefficient (Wildman–Crippen LogP) is 2.29. The zero-order valence-electron chi connectivity index (χ0n) is 18.9. The van der Waals surface area contributed by atoms with Crippen LogP contribution in [0.4, 0.5) is 0 Å². The van der Waals surface area contributed by atoms with Gasteiger partial charge in [-0.15, -0.1) is 0 Å². The van der Waals surface area contributed by atoms with Crippen molar-refractivity contribution < 1.29 is 13.2 Å². The summed E-state index contributed by atoms with van der Waals surface area (Å²) in [7, 11) is -3.37. The monoisotopic (exact) mass is 459 g/mol. The van der Waals surface area contributed by atoms with Crippen molar-refractivity contribution in [2.24, 2.45) is 5.73 Å². The van der Waals surface area contributed by atoms with Gasteiger partial charge in [-0.3, -0.25) is 10.2 Å². The molecule has 9 heteroatoms. The van der Waals surface area contributed by atoms with E-state index in [1.165, 1.54) is 16.3 Å². The van der Waals surface area contributed by atoms with Crippen LogP contribution in [0.25, 0.3) is 10.9 Å². The van der Waals surface area contributed by atoms with E-state index in [1.54, 1.807) is 0 Å². The van der Waals surface area contributed by atoms with Crippen LogP contribution in [-0.4, -0.2) is 65.4 Å². The Morgan fingerprint density at radius 1 is 1.25 bits per heavy atom. The number of amides is 1. The van der Waals surface area contributed by atoms with Gasteiger partial charge in [0.25, 0.3) is 0 Å². The summed E-state index contributed by atoms with van der Waals surface area (Å²) in [5.41, 5.74) is 8.66. The first-order valence-electron chi connectivity index (χ1n) is 11.4. The molecule has 1 atom stereocenters. The number of amidine groups is 1. The van der Waals surface area contributed by atoms with Crippen LogP contribution >= 0.6 is 0 Å². The van der Waals surface area contributed by atoms with Gasteiger partial charge >= 0.3 is 0 Å². The Kier molecular flexibility index (Phi) is 6.31. The van der Waals surface area contributed by atoms with Crippen LogP contribution in [-0.2, 0) is 27.8 Å². The summed E-state index contributed by atoms with van der Waals surface area (Å²) < 4.78 is 27.8. The fraction of sp³-hybridized carbons (Fsp3) is 0.565. The number of hydrogen-bond acceptors (Lipinski definition) is 4. The topological polar surface area (TPSA) is 112 Å². The number of fused-ring (bicyclic) bond motifs is 1. The van der Waals surface area contributed by atoms with E-state index in [0.29, 0.717) is 6.54 Å². The lowest BCUT2D eigenvalue weighted by atomic mass is 10.1. The molecule has 0 radical (unpaired) electrons. The normalized spacial score (nSPS) is 19.2. The number of sulfonamides is 1. The maximum absolute atomic E-state index is 13.0. The van der Waals surface area contributed by atoms with Crippen LogP contribution in [0.2, 0.25) is 0 Å². The molecule has 1 saturated carbocycles. The molecule has 1 aromatic carbocycles. The average Bonchev–Trinajstić information content (AvgIpc) is 3.34. The van der Waals surface area contributed by atoms with Crippen molar-refractivity contribution in [2.75, 3.05) is 19.3 Å². The van der Waals surface area contributed by atoms with Crippen LogP contribution < -0.4 is 5.73 Å². The van der Waals surface area contributed by atoms with Gasteiger partial charge in [-0.2, -0.15) is 4.31 Å². The van der Waals surface area contributed by atoms with E-state index >= 15 is 0 Å². The molecule has 1 saturated heterocycles. The molecule has 1 aliphatic carbocycles. The number of nitrogens with two attached hydrogens (primary N) is 1. The second-order valence-electron chi connectivity index (χ2n) is 9.03. The highest BCUT2D eigenvalue weighted by Gasteiger charge is 2.38. The van der Waals surface area contributed by atoms with Crippen LogP contribution in [0.3, 0.4) is 0 Å². The molecule has 3 N–H and O–H groups in total. The van der Waals surface area contributed by atoms with Gasteiger partial charge in [0.05, 0.1) is 12.8 Å². The lowest BCUT2D eigenvalue weighted by Crippen LogP contribution is -2.45. The van der Waals surface area contributed by atoms with E-state index in [-0.39, 0.29) is 30.4 Å². The first-order chi connectivity index (χ1) is 15.2. The number of hydrogen-bond donors (Lipinski definition) is 2. The summed E-state index contributed by atoms with van der Waals surface area (Å²) in [4.78, 5) is 14.9. The average molecular weight is 460 g/mol. The molecule has 2 heterocycles. The Hall–Kier alpha value is -2.39. The van der Waals surface area contributed by atoms with Gasteiger partial charge in [-0.05, 0) is 63.0 Å². The molecule has 0 bridgehead atoms. The zero-order chi connectivity index (χ0) is 23.0. The zero-order valence-corrected chi connectivity index (χ0v) is 19.7. The second-order valence-corrected chi connectivity index (χ2v) is 11.0. The molecule has 1 aromatic heterocycles. The first-order valence-corrected chi connectivity index (χ1v) is 13.3. The minimum atomic E-state index is -3.37. The highest BCUT2D eigenvalue weighted by atomic mass is 32.2. The predicted molar refractivity (Wildman–Crippen MR) is 126 cm³/mol. The molecule has 0 spiro atoms. The van der Waals surface area contributed by atoms with Crippen molar-refractivity contribution >= 4 is 32.7 Å². The standard InChI is InChI=1S/C23H33N5O3S/c1-3-26-20(13-16-6-7-17(23(24)25)14-21(16)26)11-8-18-5-4-12-27(18)22(29)15-28(19-9-10-19)32(2,30)31/h6-7,13-14,18-19H,3-5,8-12,15H2,1-2H3,(H3,24,25). The van der Waals surface area contributed by atoms with Gasteiger partial charge in [-0.25, -0.2) is 8.42 Å². The number of benzene rings is 1. The third-order valence-electron chi connectivity index (χ3n) is 6.72. The Morgan fingerprint density at radius 2 is 2.00 bits per heavy atom. The number of aryl methyl sites for hydroxylation is 2. The second kappa shape index (κ2) is 8.86. The molecule has 2 aliphatic rings. The number of carbonyl (C=O) groups excluding carboxylic acids is 1. The number of likely N-dealkylation sites (tertiary alicyclic amines) is 1. The van der Waals surface area contributed by atoms with Gasteiger partial charge in [-0.1, -0.05) is 12.1 Å². The molecule has 174 valence electrons. The van der Waals surface area contributed by atoms with E-state index in [1.807, 2.05) is 23.1 Å². The maximum atomic E-state index is 13.0. The summed E-state index contributed by atoms with van der Waals surface area (Å²) in [6, 6.07) is 8.16. The van der Waals surface area contributed by atoms with E-state index in [0.717, 1.165) is 61.5 Å². The van der Waals surface area contributed by atoms with Crippen molar-refractivity contribution in [3.05, 3.63) is 35.5 Å². The number of nitrogens with zero attached hydrogens (tertiary/aromatic N) is 3. The Balaban J connectivity index is 1.46. The summed E-state index contributed by atoms with van der Waals surface area (Å²) in [5.74, 6) is -0.0151. The Labute approximate surface area is 189 Å². The minimum Gasteiger partial charge on any atom is -0.384 e. The Bertz CT molecular complexity index is 1140. The molecule has 1 aliphatic heterocycles. The van der Waals surface area contributed by atoms with Crippen LogP contribution in [0.1, 0.15) is 50.3 Å². The first kappa shape index (κ1) is 22.8. The van der Waals surface area contributed by atoms with Crippen LogP contribution in [0.5, 0.6) is 0 Å². The number of rotatable bonds is 9. The third-order valence-corrected chi connectivity index (χ3v) is 8.00. The van der Waals surface area contributed by atoms with E-state index in [9.17, 15) is 13.2 Å². The van der Waals surface area contributed by atoms with Gasteiger partial charge in [0.1, 0.15) is 5.84 Å². The lowest BCUT2D eigenvalue weighted by molar-refractivity contribution is -0.132. The van der Waals surface area contributed by atoms with Gasteiger partial charge < -0.3 is 15.2 Å². The van der Waals surface area contributed by atoms with E-state index in [4.69, 9.17) is 11.1 Å². The summed E-state index contributed by atoms with van der Waals surface area (Å²) in [6.45, 7) is 3.58. The molecule has 8 nitrogen and oxygen atoms in total. The van der Waals surface area contributed by atoms with Crippen molar-refractivity contribution in [2.45, 2.75) is 64.1 Å². The van der Waals surface area contributed by atoms with Crippen molar-refractivity contribution in [3.8, 4) is 0 Å². The smallest absolute Gasteiger partial charge is 0.238 e. The lowest BCUT2D eigenvalue weighted by Gasteiger charge is -2.28. The fourth-order valence-corrected chi connectivity index (χ4v) is 6.04. The summed E-state index contributed by atoms with van der Waals surface area (Å²) in [6.07, 6.45) is 6.48. The molecule has 1 unspecified atom stereocenters. The molecule has 4 rings (SSSR count). The van der Waals surface area contributed by atoms with Crippen molar-refractivity contribution in [1.29, 1.82) is 5.41 Å². The highest BCUT2D eigenvalue weighted by Crippen LogP contribution is 2.30. The number of aromatic nitrogens is 1. The Morgan fingerprint density at radius 3 is 2.62 bits per heavy atom. The van der Waals surface area contributed by atoms with Gasteiger partial charge in [0.15, 0.2) is 0 Å². The summed E-state index contributed by atoms with van der Waals surface area (Å²) in [5, 5.41) is 8.83. The van der Waals surface area contributed by atoms with E-state index in [2.05, 4.69) is 17.6 Å². The molecule has 1 amide bonds. The molecular formula is C23H33N5O3S. The van der Waals surface area contributed by atoms with Crippen molar-refractivity contribution in [3.63, 3.8) is 0 Å². The fourth-order valence-electron chi connectivity index (χ4n) is 4.94. The number of nitrogen functional groups attached to an aromatic ring is 1. The number of carbonyl (C=O) groups is 1. The van der Waals surface area contributed by atoms with Crippen LogP contribution in [0.15, 0.2) is 24.3 Å². The largest absolute Gasteiger partial charge is 0.384 e.